The van der Waals surface area contributed by atoms with Crippen molar-refractivity contribution in [1.82, 2.24) is 14.9 Å². The fourth-order valence-electron chi connectivity index (χ4n) is 1.81. The number of aromatic nitrogens is 2. The molecule has 5 nitrogen and oxygen atoms in total. The summed E-state index contributed by atoms with van der Waals surface area (Å²) in [6, 6.07) is 0. The highest BCUT2D eigenvalue weighted by Gasteiger charge is 2.00. The van der Waals surface area contributed by atoms with Crippen molar-refractivity contribution in [2.45, 2.75) is 52.0 Å². The number of rotatable bonds is 10. The summed E-state index contributed by atoms with van der Waals surface area (Å²) in [6.07, 6.45) is 12.3. The minimum absolute atomic E-state index is 0.325. The number of carbonyl (C=O) groups is 1. The summed E-state index contributed by atoms with van der Waals surface area (Å²) in [5, 5.41) is 2.77. The van der Waals surface area contributed by atoms with E-state index in [9.17, 15) is 4.79 Å². The molecule has 19 heavy (non-hydrogen) atoms. The zero-order valence-corrected chi connectivity index (χ0v) is 11.8. The van der Waals surface area contributed by atoms with Crippen molar-refractivity contribution in [3.63, 3.8) is 0 Å². The number of carbonyl (C=O) groups excluding carboxylic acids is 1. The molecule has 0 aliphatic carbocycles. The van der Waals surface area contributed by atoms with E-state index in [2.05, 4.69) is 17.2 Å². The maximum absolute atomic E-state index is 11.3. The van der Waals surface area contributed by atoms with E-state index in [0.717, 1.165) is 6.42 Å². The van der Waals surface area contributed by atoms with E-state index in [1.165, 1.54) is 32.1 Å². The van der Waals surface area contributed by atoms with Crippen LogP contribution in [-0.2, 0) is 11.3 Å². The van der Waals surface area contributed by atoms with Gasteiger partial charge in [-0.25, -0.2) is 9.78 Å². The minimum Gasteiger partial charge on any atom is -0.448 e. The highest BCUT2D eigenvalue weighted by molar-refractivity contribution is 5.66. The van der Waals surface area contributed by atoms with Gasteiger partial charge in [0.25, 0.3) is 0 Å². The Hall–Kier alpha value is -1.52. The van der Waals surface area contributed by atoms with E-state index in [0.29, 0.717) is 19.7 Å². The second kappa shape index (κ2) is 10.4. The highest BCUT2D eigenvalue weighted by Crippen LogP contribution is 2.04. The van der Waals surface area contributed by atoms with Gasteiger partial charge in [0, 0.05) is 18.9 Å². The zero-order valence-electron chi connectivity index (χ0n) is 11.8. The van der Waals surface area contributed by atoms with Crippen LogP contribution in [0.4, 0.5) is 4.79 Å². The van der Waals surface area contributed by atoms with Crippen LogP contribution < -0.4 is 5.32 Å². The van der Waals surface area contributed by atoms with Crippen molar-refractivity contribution in [2.75, 3.05) is 13.2 Å². The van der Waals surface area contributed by atoms with E-state index in [1.54, 1.807) is 12.5 Å². The molecule has 0 bridgehead atoms. The van der Waals surface area contributed by atoms with Crippen molar-refractivity contribution in [3.05, 3.63) is 18.7 Å². The molecule has 0 saturated carbocycles. The summed E-state index contributed by atoms with van der Waals surface area (Å²) in [7, 11) is 0. The number of amides is 1. The van der Waals surface area contributed by atoms with E-state index in [-0.39, 0.29) is 6.09 Å². The van der Waals surface area contributed by atoms with Gasteiger partial charge in [0.05, 0.1) is 12.9 Å². The average molecular weight is 267 g/mol. The molecule has 0 aromatic carbocycles. The SMILES string of the molecule is CCCCCCCCNC(=O)OCCn1ccnc1. The Kier molecular flexibility index (Phi) is 8.51. The summed E-state index contributed by atoms with van der Waals surface area (Å²) in [5.41, 5.74) is 0. The quantitative estimate of drug-likeness (QED) is 0.663. The Bertz CT molecular complexity index is 325. The lowest BCUT2D eigenvalue weighted by Gasteiger charge is -2.07. The first-order valence-corrected chi connectivity index (χ1v) is 7.19. The number of hydrogen-bond donors (Lipinski definition) is 1. The number of unbranched alkanes of at least 4 members (excludes halogenated alkanes) is 5. The maximum atomic E-state index is 11.3. The molecule has 0 aliphatic heterocycles. The molecule has 0 spiro atoms. The van der Waals surface area contributed by atoms with Crippen LogP contribution in [0.5, 0.6) is 0 Å². The van der Waals surface area contributed by atoms with Crippen LogP contribution in [0.1, 0.15) is 45.4 Å². The van der Waals surface area contributed by atoms with Crippen LogP contribution in [0.3, 0.4) is 0 Å². The monoisotopic (exact) mass is 267 g/mol. The third-order valence-corrected chi connectivity index (χ3v) is 2.94. The fraction of sp³-hybridized carbons (Fsp3) is 0.714. The summed E-state index contributed by atoms with van der Waals surface area (Å²) < 4.78 is 6.94. The number of ether oxygens (including phenoxy) is 1. The lowest BCUT2D eigenvalue weighted by atomic mass is 10.1. The molecule has 1 aromatic rings. The topological polar surface area (TPSA) is 56.1 Å². The maximum Gasteiger partial charge on any atom is 0.407 e. The lowest BCUT2D eigenvalue weighted by Crippen LogP contribution is -2.26. The van der Waals surface area contributed by atoms with Gasteiger partial charge in [-0.2, -0.15) is 0 Å². The molecule has 5 heteroatoms. The highest BCUT2D eigenvalue weighted by atomic mass is 16.5. The summed E-state index contributed by atoms with van der Waals surface area (Å²) in [4.78, 5) is 15.3. The van der Waals surface area contributed by atoms with Gasteiger partial charge in [-0.15, -0.1) is 0 Å². The van der Waals surface area contributed by atoms with E-state index >= 15 is 0 Å². The smallest absolute Gasteiger partial charge is 0.407 e. The van der Waals surface area contributed by atoms with Crippen molar-refractivity contribution >= 4 is 6.09 Å². The predicted molar refractivity (Wildman–Crippen MR) is 75.0 cm³/mol. The Morgan fingerprint density at radius 3 is 2.79 bits per heavy atom. The molecule has 0 saturated heterocycles. The molecule has 1 heterocycles. The molecule has 1 N–H and O–H groups in total. The van der Waals surface area contributed by atoms with Crippen LogP contribution in [0, 0.1) is 0 Å². The normalized spacial score (nSPS) is 10.4. The van der Waals surface area contributed by atoms with Crippen LogP contribution in [-0.4, -0.2) is 28.8 Å². The second-order valence-corrected chi connectivity index (χ2v) is 4.63. The van der Waals surface area contributed by atoms with Crippen molar-refractivity contribution < 1.29 is 9.53 Å². The first kappa shape index (κ1) is 15.5. The summed E-state index contributed by atoms with van der Waals surface area (Å²) in [5.74, 6) is 0. The molecule has 1 aromatic heterocycles. The first-order valence-electron chi connectivity index (χ1n) is 7.19. The van der Waals surface area contributed by atoms with Crippen molar-refractivity contribution in [3.8, 4) is 0 Å². The van der Waals surface area contributed by atoms with Crippen LogP contribution in [0.25, 0.3) is 0 Å². The number of imidazole rings is 1. The van der Waals surface area contributed by atoms with E-state index in [4.69, 9.17) is 4.74 Å². The molecule has 1 rings (SSSR count). The van der Waals surface area contributed by atoms with Gasteiger partial charge < -0.3 is 14.6 Å². The number of nitrogens with one attached hydrogen (secondary N) is 1. The Labute approximate surface area is 115 Å². The minimum atomic E-state index is -0.325. The first-order chi connectivity index (χ1) is 9.33. The molecule has 0 atom stereocenters. The Morgan fingerprint density at radius 1 is 1.26 bits per heavy atom. The average Bonchev–Trinajstić information content (AvgIpc) is 2.91. The van der Waals surface area contributed by atoms with Crippen LogP contribution in [0.2, 0.25) is 0 Å². The number of hydrogen-bond acceptors (Lipinski definition) is 3. The van der Waals surface area contributed by atoms with Gasteiger partial charge in [0.2, 0.25) is 0 Å². The summed E-state index contributed by atoms with van der Waals surface area (Å²) in [6.45, 7) is 3.93. The zero-order chi connectivity index (χ0) is 13.8. The second-order valence-electron chi connectivity index (χ2n) is 4.63. The molecular formula is C14H25N3O2. The largest absolute Gasteiger partial charge is 0.448 e. The van der Waals surface area contributed by atoms with Gasteiger partial charge in [-0.05, 0) is 6.42 Å². The van der Waals surface area contributed by atoms with Gasteiger partial charge in [-0.3, -0.25) is 0 Å². The number of alkyl carbamates (subject to hydrolysis) is 1. The lowest BCUT2D eigenvalue weighted by molar-refractivity contribution is 0.142. The molecule has 1 amide bonds. The third-order valence-electron chi connectivity index (χ3n) is 2.94. The van der Waals surface area contributed by atoms with Crippen molar-refractivity contribution in [2.24, 2.45) is 0 Å². The molecule has 0 unspecified atom stereocenters. The van der Waals surface area contributed by atoms with E-state index in [1.807, 2.05) is 10.8 Å². The van der Waals surface area contributed by atoms with Gasteiger partial charge in [0.1, 0.15) is 6.61 Å². The molecule has 0 radical (unpaired) electrons. The van der Waals surface area contributed by atoms with Gasteiger partial charge in [-0.1, -0.05) is 39.0 Å². The van der Waals surface area contributed by atoms with Crippen LogP contribution >= 0.6 is 0 Å². The molecule has 0 fully saturated rings. The third kappa shape index (κ3) is 8.24. The van der Waals surface area contributed by atoms with Crippen molar-refractivity contribution in [1.29, 1.82) is 0 Å². The van der Waals surface area contributed by atoms with Crippen LogP contribution in [0.15, 0.2) is 18.7 Å². The van der Waals surface area contributed by atoms with Gasteiger partial charge in [0.15, 0.2) is 0 Å². The van der Waals surface area contributed by atoms with E-state index < -0.39 is 0 Å². The molecular weight excluding hydrogens is 242 g/mol. The predicted octanol–water partition coefficient (Wildman–Crippen LogP) is 2.97. The fourth-order valence-corrected chi connectivity index (χ4v) is 1.81. The Morgan fingerprint density at radius 2 is 2.05 bits per heavy atom. The van der Waals surface area contributed by atoms with Gasteiger partial charge >= 0.3 is 6.09 Å². The molecule has 0 aliphatic rings. The summed E-state index contributed by atoms with van der Waals surface area (Å²) >= 11 is 0. The molecule has 108 valence electrons. The Balaban J connectivity index is 1.88. The number of nitrogens with zero attached hydrogens (tertiary/aromatic N) is 2. The standard InChI is InChI=1S/C14H25N3O2/c1-2-3-4-5-6-7-8-16-14(18)19-12-11-17-10-9-15-13-17/h9-10,13H,2-8,11-12H2,1H3,(H,16,18).